The van der Waals surface area contributed by atoms with Gasteiger partial charge in [0.15, 0.2) is 5.37 Å². The minimum Gasteiger partial charge on any atom is -0.461 e. The minimum atomic E-state index is -1.04. The molecule has 0 aromatic heterocycles. The van der Waals surface area contributed by atoms with Crippen molar-refractivity contribution in [3.8, 4) is 0 Å². The second-order valence-electron chi connectivity index (χ2n) is 12.4. The molecular weight excluding hydrogens is 676 g/mol. The number of unbranched alkanes of at least 4 members (excludes halogenated alkanes) is 1. The van der Waals surface area contributed by atoms with E-state index in [2.05, 4.69) is 44.2 Å². The number of amides is 2. The van der Waals surface area contributed by atoms with Gasteiger partial charge in [-0.2, -0.15) is 0 Å². The van der Waals surface area contributed by atoms with Crippen molar-refractivity contribution in [1.29, 1.82) is 0 Å². The Labute approximate surface area is 309 Å². The molecule has 292 valence electrons. The number of aliphatic hydroxyl groups is 1. The van der Waals surface area contributed by atoms with E-state index < -0.39 is 40.7 Å². The summed E-state index contributed by atoms with van der Waals surface area (Å²) in [6.07, 6.45) is 10.6. The van der Waals surface area contributed by atoms with Crippen LogP contribution < -0.4 is 10.6 Å². The molecule has 0 bridgehead atoms. The molecule has 0 fully saturated rings. The van der Waals surface area contributed by atoms with Crippen molar-refractivity contribution in [2.24, 2.45) is 5.92 Å². The van der Waals surface area contributed by atoms with Gasteiger partial charge in [-0.1, -0.05) is 65.7 Å². The van der Waals surface area contributed by atoms with E-state index in [9.17, 15) is 29.1 Å². The lowest BCUT2D eigenvalue weighted by atomic mass is 9.89. The number of thioether (sulfide) groups is 1. The standard InChI is InChI=1S/C38H64N2O10S/c1-8-24-47-33(43)20-19-30(35(44)48-25-9-2)29-32(42)40-34(36(45)49-26-10-3)51-28-16-15-23-39-31(41)18-17-21-38(13-6,14-7)50-27-22-37(46,11-4)12-5/h8-10,30,34,46H,1-3,11-29H2,4-7H3,(H,39,41)(H,40,42). The van der Waals surface area contributed by atoms with Crippen molar-refractivity contribution in [1.82, 2.24) is 10.6 Å². The quantitative estimate of drug-likeness (QED) is 0.0254. The second-order valence-corrected chi connectivity index (χ2v) is 13.6. The molecule has 51 heavy (non-hydrogen) atoms. The average Bonchev–Trinajstić information content (AvgIpc) is 3.13. The van der Waals surface area contributed by atoms with Crippen LogP contribution >= 0.6 is 11.8 Å². The molecule has 0 heterocycles. The van der Waals surface area contributed by atoms with Crippen LogP contribution in [0.2, 0.25) is 0 Å². The van der Waals surface area contributed by atoms with E-state index in [0.29, 0.717) is 63.9 Å². The Morgan fingerprint density at radius 3 is 1.96 bits per heavy atom. The number of hydrogen-bond donors (Lipinski definition) is 3. The van der Waals surface area contributed by atoms with Crippen molar-refractivity contribution in [2.45, 2.75) is 128 Å². The molecule has 13 heteroatoms. The molecule has 2 atom stereocenters. The summed E-state index contributed by atoms with van der Waals surface area (Å²) in [4.78, 5) is 62.8. The van der Waals surface area contributed by atoms with Gasteiger partial charge in [-0.25, -0.2) is 4.79 Å². The number of carbonyl (C=O) groups excluding carboxylic acids is 5. The molecular formula is C38H64N2O10S. The lowest BCUT2D eigenvalue weighted by Crippen LogP contribution is -2.41. The van der Waals surface area contributed by atoms with Crippen LogP contribution in [0.15, 0.2) is 38.0 Å². The van der Waals surface area contributed by atoms with Crippen molar-refractivity contribution in [3.63, 3.8) is 0 Å². The zero-order valence-electron chi connectivity index (χ0n) is 31.5. The van der Waals surface area contributed by atoms with Gasteiger partial charge in [-0.3, -0.25) is 19.2 Å². The maximum atomic E-state index is 13.0. The van der Waals surface area contributed by atoms with E-state index in [1.54, 1.807) is 0 Å². The molecule has 0 aliphatic rings. The molecule has 0 radical (unpaired) electrons. The highest BCUT2D eigenvalue weighted by molar-refractivity contribution is 8.00. The number of esters is 3. The SMILES string of the molecule is C=CCOC(=O)CCC(CC(=O)NC(SCCCCNC(=O)CCCC(CC)(CC)OCCC(O)(CC)CC)C(=O)OCC=C)C(=O)OCC=C. The fraction of sp³-hybridized carbons (Fsp3) is 0.711. The number of ether oxygens (including phenoxy) is 4. The summed E-state index contributed by atoms with van der Waals surface area (Å²) < 4.78 is 21.5. The number of hydrogen-bond acceptors (Lipinski definition) is 11. The topological polar surface area (TPSA) is 167 Å². The van der Waals surface area contributed by atoms with Crippen LogP contribution in [0.25, 0.3) is 0 Å². The molecule has 12 nitrogen and oxygen atoms in total. The average molecular weight is 741 g/mol. The van der Waals surface area contributed by atoms with Crippen molar-refractivity contribution >= 4 is 41.5 Å². The smallest absolute Gasteiger partial charge is 0.339 e. The normalized spacial score (nSPS) is 12.6. The van der Waals surface area contributed by atoms with Crippen molar-refractivity contribution in [3.05, 3.63) is 38.0 Å². The molecule has 0 aromatic carbocycles. The van der Waals surface area contributed by atoms with Crippen LogP contribution in [0.3, 0.4) is 0 Å². The molecule has 0 aromatic rings. The molecule has 0 saturated carbocycles. The lowest BCUT2D eigenvalue weighted by Gasteiger charge is -2.34. The lowest BCUT2D eigenvalue weighted by molar-refractivity contribution is -0.150. The fourth-order valence-corrected chi connectivity index (χ4v) is 6.17. The Balaban J connectivity index is 4.89. The van der Waals surface area contributed by atoms with Gasteiger partial charge in [0.1, 0.15) is 19.8 Å². The van der Waals surface area contributed by atoms with Crippen LogP contribution in [0.1, 0.15) is 111 Å². The van der Waals surface area contributed by atoms with Crippen molar-refractivity contribution in [2.75, 3.05) is 38.7 Å². The molecule has 0 saturated heterocycles. The third-order valence-corrected chi connectivity index (χ3v) is 9.98. The van der Waals surface area contributed by atoms with Crippen molar-refractivity contribution < 1.29 is 48.0 Å². The summed E-state index contributed by atoms with van der Waals surface area (Å²) in [5.41, 5.74) is -1.01. The summed E-state index contributed by atoms with van der Waals surface area (Å²) >= 11 is 1.18. The third kappa shape index (κ3) is 21.7. The van der Waals surface area contributed by atoms with Crippen LogP contribution in [-0.2, 0) is 42.9 Å². The Hall–Kier alpha value is -3.16. The van der Waals surface area contributed by atoms with E-state index >= 15 is 0 Å². The summed E-state index contributed by atoms with van der Waals surface area (Å²) in [6.45, 7) is 19.6. The molecule has 3 N–H and O–H groups in total. The Kier molecular flexibility index (Phi) is 26.7. The maximum absolute atomic E-state index is 13.0. The van der Waals surface area contributed by atoms with Gasteiger partial charge in [0, 0.05) is 25.8 Å². The van der Waals surface area contributed by atoms with Gasteiger partial charge in [-0.05, 0) is 70.0 Å². The number of carbonyl (C=O) groups is 5. The summed E-state index contributed by atoms with van der Waals surface area (Å²) in [5.74, 6) is -2.95. The van der Waals surface area contributed by atoms with Crippen LogP contribution in [0.5, 0.6) is 0 Å². The first kappa shape index (κ1) is 47.8. The summed E-state index contributed by atoms with van der Waals surface area (Å²) in [5, 5.41) is 15.1. The molecule has 2 unspecified atom stereocenters. The first-order valence-corrected chi connectivity index (χ1v) is 19.3. The van der Waals surface area contributed by atoms with Crippen LogP contribution in [0, 0.1) is 5.92 Å². The van der Waals surface area contributed by atoms with Gasteiger partial charge in [0.25, 0.3) is 0 Å². The zero-order valence-corrected chi connectivity index (χ0v) is 32.3. The Morgan fingerprint density at radius 2 is 1.37 bits per heavy atom. The monoisotopic (exact) mass is 740 g/mol. The third-order valence-electron chi connectivity index (χ3n) is 8.81. The largest absolute Gasteiger partial charge is 0.461 e. The second kappa shape index (κ2) is 28.4. The molecule has 0 rings (SSSR count). The molecule has 0 aliphatic carbocycles. The van der Waals surface area contributed by atoms with Gasteiger partial charge in [0.05, 0.1) is 23.7 Å². The highest BCUT2D eigenvalue weighted by atomic mass is 32.2. The highest BCUT2D eigenvalue weighted by Crippen LogP contribution is 2.29. The van der Waals surface area contributed by atoms with Gasteiger partial charge in [0.2, 0.25) is 11.8 Å². The molecule has 2 amide bonds. The first-order valence-electron chi connectivity index (χ1n) is 18.2. The predicted molar refractivity (Wildman–Crippen MR) is 201 cm³/mol. The highest BCUT2D eigenvalue weighted by Gasteiger charge is 2.30. The number of nitrogens with one attached hydrogen (secondary N) is 2. The van der Waals surface area contributed by atoms with E-state index in [4.69, 9.17) is 18.9 Å². The first-order chi connectivity index (χ1) is 24.4. The van der Waals surface area contributed by atoms with Crippen LogP contribution in [-0.4, -0.2) is 90.1 Å². The summed E-state index contributed by atoms with van der Waals surface area (Å²) in [7, 11) is 0. The zero-order chi connectivity index (χ0) is 38.5. The summed E-state index contributed by atoms with van der Waals surface area (Å²) in [6, 6.07) is 0. The van der Waals surface area contributed by atoms with Gasteiger partial charge < -0.3 is 34.7 Å². The van der Waals surface area contributed by atoms with E-state index in [1.807, 2.05) is 13.8 Å². The van der Waals surface area contributed by atoms with E-state index in [0.717, 1.165) is 19.3 Å². The predicted octanol–water partition coefficient (Wildman–Crippen LogP) is 5.72. The fourth-order valence-electron chi connectivity index (χ4n) is 5.15. The Morgan fingerprint density at radius 1 is 0.765 bits per heavy atom. The maximum Gasteiger partial charge on any atom is 0.339 e. The minimum absolute atomic E-state index is 0.0129. The van der Waals surface area contributed by atoms with Gasteiger partial charge >= 0.3 is 17.9 Å². The van der Waals surface area contributed by atoms with E-state index in [-0.39, 0.29) is 50.6 Å². The molecule has 0 aliphatic heterocycles. The number of rotatable bonds is 32. The van der Waals surface area contributed by atoms with Gasteiger partial charge in [-0.15, -0.1) is 11.8 Å². The molecule has 0 spiro atoms. The van der Waals surface area contributed by atoms with Crippen LogP contribution in [0.4, 0.5) is 0 Å². The Bertz CT molecular complexity index is 1070. The van der Waals surface area contributed by atoms with E-state index in [1.165, 1.54) is 30.0 Å².